The Bertz CT molecular complexity index is 461. The van der Waals surface area contributed by atoms with Crippen molar-refractivity contribution in [3.63, 3.8) is 0 Å². The van der Waals surface area contributed by atoms with Gasteiger partial charge in [0.2, 0.25) is 0 Å². The summed E-state index contributed by atoms with van der Waals surface area (Å²) in [6.07, 6.45) is 0.928. The molecule has 20 heavy (non-hydrogen) atoms. The number of hydrogen-bond acceptors (Lipinski definition) is 5. The van der Waals surface area contributed by atoms with Gasteiger partial charge < -0.3 is 19.7 Å². The van der Waals surface area contributed by atoms with E-state index in [-0.39, 0.29) is 5.92 Å². The second-order valence-corrected chi connectivity index (χ2v) is 6.80. The molecule has 3 fully saturated rings. The van der Waals surface area contributed by atoms with Crippen molar-refractivity contribution in [1.82, 2.24) is 0 Å². The predicted octanol–water partition coefficient (Wildman–Crippen LogP) is 1.13. The maximum atomic E-state index is 11.7. The van der Waals surface area contributed by atoms with Crippen LogP contribution in [0.25, 0.3) is 0 Å². The van der Waals surface area contributed by atoms with Gasteiger partial charge in [0.1, 0.15) is 6.10 Å². The van der Waals surface area contributed by atoms with Crippen LogP contribution in [0.1, 0.15) is 39.5 Å². The normalized spacial score (nSPS) is 52.0. The molecule has 0 saturated carbocycles. The van der Waals surface area contributed by atoms with Gasteiger partial charge in [0.05, 0.1) is 17.6 Å². The standard InChI is InChI=1S/C15H22O5/c1-8-6-11-12(9(2)13(17)19-11)10(16)7-14(3)4-5-15(8,18)20-14/h8,10-12,16,18H,2,4-7H2,1,3H3. The van der Waals surface area contributed by atoms with Crippen LogP contribution in [0, 0.1) is 11.8 Å². The molecule has 0 aromatic rings. The Kier molecular flexibility index (Phi) is 3.01. The molecule has 6 atom stereocenters. The topological polar surface area (TPSA) is 76.0 Å². The van der Waals surface area contributed by atoms with Gasteiger partial charge in [-0.1, -0.05) is 13.5 Å². The second-order valence-electron chi connectivity index (χ2n) is 6.80. The molecule has 0 spiro atoms. The molecule has 3 rings (SSSR count). The third-order valence-electron chi connectivity index (χ3n) is 5.17. The van der Waals surface area contributed by atoms with Crippen molar-refractivity contribution < 1.29 is 24.5 Å². The number of aliphatic hydroxyl groups is 2. The van der Waals surface area contributed by atoms with E-state index in [0.29, 0.717) is 31.3 Å². The molecule has 6 unspecified atom stereocenters. The highest BCUT2D eigenvalue weighted by Gasteiger charge is 2.55. The van der Waals surface area contributed by atoms with E-state index < -0.39 is 35.5 Å². The number of carbonyl (C=O) groups is 1. The van der Waals surface area contributed by atoms with Gasteiger partial charge in [-0.15, -0.1) is 0 Å². The third-order valence-corrected chi connectivity index (χ3v) is 5.17. The van der Waals surface area contributed by atoms with Crippen LogP contribution in [-0.2, 0) is 14.3 Å². The quantitative estimate of drug-likeness (QED) is 0.514. The van der Waals surface area contributed by atoms with Crippen LogP contribution in [0.4, 0.5) is 0 Å². The number of rotatable bonds is 0. The Morgan fingerprint density at radius 3 is 2.80 bits per heavy atom. The summed E-state index contributed by atoms with van der Waals surface area (Å²) in [5, 5.41) is 21.2. The maximum Gasteiger partial charge on any atom is 0.334 e. The van der Waals surface area contributed by atoms with Gasteiger partial charge in [-0.05, 0) is 19.8 Å². The molecule has 0 radical (unpaired) electrons. The van der Waals surface area contributed by atoms with Crippen molar-refractivity contribution in [1.29, 1.82) is 0 Å². The van der Waals surface area contributed by atoms with E-state index >= 15 is 0 Å². The summed E-state index contributed by atoms with van der Waals surface area (Å²) in [6, 6.07) is 0. The van der Waals surface area contributed by atoms with Crippen LogP contribution in [0.2, 0.25) is 0 Å². The zero-order chi connectivity index (χ0) is 14.7. The zero-order valence-corrected chi connectivity index (χ0v) is 12.0. The fourth-order valence-electron chi connectivity index (χ4n) is 3.89. The van der Waals surface area contributed by atoms with Crippen LogP contribution >= 0.6 is 0 Å². The molecule has 2 N–H and O–H groups in total. The van der Waals surface area contributed by atoms with E-state index in [0.717, 1.165) is 0 Å². The number of aliphatic hydroxyl groups excluding tert-OH is 1. The van der Waals surface area contributed by atoms with Crippen LogP contribution in [-0.4, -0.2) is 39.8 Å². The van der Waals surface area contributed by atoms with Crippen LogP contribution in [0.3, 0.4) is 0 Å². The molecule has 3 heterocycles. The van der Waals surface area contributed by atoms with Crippen molar-refractivity contribution in [3.05, 3.63) is 12.2 Å². The molecule has 0 aromatic carbocycles. The molecule has 5 nitrogen and oxygen atoms in total. The highest BCUT2D eigenvalue weighted by atomic mass is 16.6. The first-order chi connectivity index (χ1) is 9.24. The lowest BCUT2D eigenvalue weighted by atomic mass is 9.79. The monoisotopic (exact) mass is 282 g/mol. The minimum Gasteiger partial charge on any atom is -0.458 e. The van der Waals surface area contributed by atoms with Gasteiger partial charge in [-0.3, -0.25) is 0 Å². The van der Waals surface area contributed by atoms with E-state index in [9.17, 15) is 15.0 Å². The fraction of sp³-hybridized carbons (Fsp3) is 0.800. The van der Waals surface area contributed by atoms with Crippen molar-refractivity contribution in [2.75, 3.05) is 0 Å². The second kappa shape index (κ2) is 4.29. The third kappa shape index (κ3) is 2.00. The van der Waals surface area contributed by atoms with E-state index in [1.807, 2.05) is 13.8 Å². The number of carbonyl (C=O) groups excluding carboxylic acids is 1. The Labute approximate surface area is 118 Å². The molecule has 5 heteroatoms. The lowest BCUT2D eigenvalue weighted by Crippen LogP contribution is -2.40. The maximum absolute atomic E-state index is 11.7. The highest BCUT2D eigenvalue weighted by Crippen LogP contribution is 2.48. The lowest BCUT2D eigenvalue weighted by molar-refractivity contribution is -0.250. The van der Waals surface area contributed by atoms with Gasteiger partial charge in [-0.25, -0.2) is 4.79 Å². The number of esters is 1. The van der Waals surface area contributed by atoms with Gasteiger partial charge in [-0.2, -0.15) is 0 Å². The molecule has 3 aliphatic rings. The van der Waals surface area contributed by atoms with Gasteiger partial charge >= 0.3 is 5.97 Å². The summed E-state index contributed by atoms with van der Waals surface area (Å²) < 4.78 is 11.2. The summed E-state index contributed by atoms with van der Waals surface area (Å²) >= 11 is 0. The molecule has 0 aromatic heterocycles. The van der Waals surface area contributed by atoms with Crippen molar-refractivity contribution >= 4 is 5.97 Å². The molecule has 3 saturated heterocycles. The number of fused-ring (bicyclic) bond motifs is 3. The molecule has 0 amide bonds. The number of hydrogen-bond donors (Lipinski definition) is 2. The van der Waals surface area contributed by atoms with E-state index in [1.165, 1.54) is 0 Å². The first-order valence-corrected chi connectivity index (χ1v) is 7.24. The smallest absolute Gasteiger partial charge is 0.334 e. The molecule has 112 valence electrons. The summed E-state index contributed by atoms with van der Waals surface area (Å²) in [4.78, 5) is 11.7. The zero-order valence-electron chi connectivity index (χ0n) is 12.0. The largest absolute Gasteiger partial charge is 0.458 e. The summed E-state index contributed by atoms with van der Waals surface area (Å²) in [5.74, 6) is -2.19. The van der Waals surface area contributed by atoms with E-state index in [2.05, 4.69) is 6.58 Å². The van der Waals surface area contributed by atoms with Crippen LogP contribution in [0.5, 0.6) is 0 Å². The highest BCUT2D eigenvalue weighted by molar-refractivity contribution is 5.91. The Balaban J connectivity index is 1.96. The summed E-state index contributed by atoms with van der Waals surface area (Å²) in [6.45, 7) is 7.56. The summed E-state index contributed by atoms with van der Waals surface area (Å²) in [7, 11) is 0. The van der Waals surface area contributed by atoms with Gasteiger partial charge in [0.25, 0.3) is 0 Å². The first-order valence-electron chi connectivity index (χ1n) is 7.24. The minimum atomic E-state index is -1.19. The Morgan fingerprint density at radius 2 is 2.10 bits per heavy atom. The summed E-state index contributed by atoms with van der Waals surface area (Å²) in [5.41, 5.74) is -0.230. The van der Waals surface area contributed by atoms with Crippen LogP contribution < -0.4 is 0 Å². The van der Waals surface area contributed by atoms with Gasteiger partial charge in [0.15, 0.2) is 5.79 Å². The molecular weight excluding hydrogens is 260 g/mol. The molecule has 2 bridgehead atoms. The van der Waals surface area contributed by atoms with Crippen molar-refractivity contribution in [2.45, 2.75) is 63.1 Å². The molecule has 0 aliphatic carbocycles. The molecular formula is C15H22O5. The van der Waals surface area contributed by atoms with Crippen molar-refractivity contribution in [2.24, 2.45) is 11.8 Å². The first kappa shape index (κ1) is 14.0. The van der Waals surface area contributed by atoms with E-state index in [1.54, 1.807) is 0 Å². The molecule has 3 aliphatic heterocycles. The minimum absolute atomic E-state index is 0.166. The SMILES string of the molecule is C=C1C(=O)OC2CC(C)C3(O)CCC(C)(CC(O)C12)O3. The lowest BCUT2D eigenvalue weighted by Gasteiger charge is -2.33. The van der Waals surface area contributed by atoms with Crippen molar-refractivity contribution in [3.8, 4) is 0 Å². The average Bonchev–Trinajstić information content (AvgIpc) is 2.79. The van der Waals surface area contributed by atoms with Gasteiger partial charge in [0, 0.05) is 24.3 Å². The van der Waals surface area contributed by atoms with E-state index in [4.69, 9.17) is 9.47 Å². The predicted molar refractivity (Wildman–Crippen MR) is 70.6 cm³/mol. The number of ether oxygens (including phenoxy) is 2. The Morgan fingerprint density at radius 1 is 1.40 bits per heavy atom. The Hall–Kier alpha value is -0.910. The fourth-order valence-corrected chi connectivity index (χ4v) is 3.89. The average molecular weight is 282 g/mol. The van der Waals surface area contributed by atoms with Crippen LogP contribution in [0.15, 0.2) is 12.2 Å².